The first-order valence-corrected chi connectivity index (χ1v) is 6.32. The van der Waals surface area contributed by atoms with E-state index in [-0.39, 0.29) is 0 Å². The van der Waals surface area contributed by atoms with Gasteiger partial charge in [0.2, 0.25) is 0 Å². The van der Waals surface area contributed by atoms with E-state index in [4.69, 9.17) is 0 Å². The van der Waals surface area contributed by atoms with Crippen molar-refractivity contribution < 1.29 is 0 Å². The van der Waals surface area contributed by atoms with E-state index in [9.17, 15) is 0 Å². The summed E-state index contributed by atoms with van der Waals surface area (Å²) in [6.45, 7) is 12.7. The van der Waals surface area contributed by atoms with Crippen LogP contribution in [-0.2, 0) is 0 Å². The Labute approximate surface area is 95.3 Å². The second-order valence-corrected chi connectivity index (χ2v) is 6.25. The number of nitrogens with one attached hydrogen (secondary N) is 1. The van der Waals surface area contributed by atoms with E-state index < -0.39 is 0 Å². The zero-order valence-electron chi connectivity index (χ0n) is 11.1. The zero-order valence-corrected chi connectivity index (χ0v) is 11.1. The van der Waals surface area contributed by atoms with Crippen LogP contribution in [0.25, 0.3) is 0 Å². The number of allylic oxidation sites excluding steroid dienone is 1. The normalized spacial score (nSPS) is 23.1. The molecule has 1 aliphatic rings. The van der Waals surface area contributed by atoms with Gasteiger partial charge in [0.25, 0.3) is 0 Å². The van der Waals surface area contributed by atoms with E-state index in [0.717, 1.165) is 18.5 Å². The van der Waals surface area contributed by atoms with Gasteiger partial charge in [-0.15, -0.1) is 0 Å². The van der Waals surface area contributed by atoms with Crippen molar-refractivity contribution >= 4 is 0 Å². The standard InChI is InChI=1S/C14H27N/c1-11(2)10-15-13-8-6-12(7-9-13)14(3,4)5/h6,11,13,15H,7-10H2,1-5H3/t13-/m0/s1. The number of rotatable bonds is 3. The lowest BCUT2D eigenvalue weighted by Crippen LogP contribution is -2.34. The van der Waals surface area contributed by atoms with Crippen LogP contribution in [0.15, 0.2) is 11.6 Å². The van der Waals surface area contributed by atoms with Gasteiger partial charge in [0.05, 0.1) is 0 Å². The van der Waals surface area contributed by atoms with Crippen molar-refractivity contribution in [1.82, 2.24) is 5.32 Å². The van der Waals surface area contributed by atoms with Gasteiger partial charge in [-0.3, -0.25) is 0 Å². The summed E-state index contributed by atoms with van der Waals surface area (Å²) >= 11 is 0. The first-order chi connectivity index (χ1) is 6.89. The van der Waals surface area contributed by atoms with Gasteiger partial charge in [0, 0.05) is 6.04 Å². The van der Waals surface area contributed by atoms with Gasteiger partial charge in [0.15, 0.2) is 0 Å². The van der Waals surface area contributed by atoms with E-state index in [0.29, 0.717) is 5.41 Å². The van der Waals surface area contributed by atoms with Gasteiger partial charge >= 0.3 is 0 Å². The van der Waals surface area contributed by atoms with Gasteiger partial charge < -0.3 is 5.32 Å². The molecule has 1 rings (SSSR count). The van der Waals surface area contributed by atoms with Crippen LogP contribution in [0.2, 0.25) is 0 Å². The third kappa shape index (κ3) is 4.38. The van der Waals surface area contributed by atoms with E-state index in [1.54, 1.807) is 5.57 Å². The van der Waals surface area contributed by atoms with Crippen LogP contribution in [0.3, 0.4) is 0 Å². The van der Waals surface area contributed by atoms with Crippen molar-refractivity contribution in [3.63, 3.8) is 0 Å². The van der Waals surface area contributed by atoms with Crippen LogP contribution < -0.4 is 5.32 Å². The molecule has 0 aromatic rings. The van der Waals surface area contributed by atoms with Gasteiger partial charge in [-0.05, 0) is 37.1 Å². The first kappa shape index (κ1) is 12.8. The lowest BCUT2D eigenvalue weighted by Gasteiger charge is -2.30. The molecule has 88 valence electrons. The fourth-order valence-electron chi connectivity index (χ4n) is 2.10. The Hall–Kier alpha value is -0.300. The monoisotopic (exact) mass is 209 g/mol. The highest BCUT2D eigenvalue weighted by Crippen LogP contribution is 2.33. The molecule has 1 atom stereocenters. The molecule has 0 aromatic heterocycles. The highest BCUT2D eigenvalue weighted by Gasteiger charge is 2.22. The van der Waals surface area contributed by atoms with Gasteiger partial charge in [-0.2, -0.15) is 0 Å². The van der Waals surface area contributed by atoms with Crippen molar-refractivity contribution in [1.29, 1.82) is 0 Å². The number of hydrogen-bond acceptors (Lipinski definition) is 1. The Kier molecular flexibility index (Phi) is 4.39. The maximum Gasteiger partial charge on any atom is 0.0105 e. The third-order valence-electron chi connectivity index (χ3n) is 3.19. The molecule has 0 saturated carbocycles. The van der Waals surface area contributed by atoms with E-state index in [1.807, 2.05) is 0 Å². The topological polar surface area (TPSA) is 12.0 Å². The molecular formula is C14H27N. The molecular weight excluding hydrogens is 182 g/mol. The number of hydrogen-bond donors (Lipinski definition) is 1. The molecule has 0 unspecified atom stereocenters. The molecule has 0 spiro atoms. The average Bonchev–Trinajstić information content (AvgIpc) is 2.14. The van der Waals surface area contributed by atoms with E-state index in [2.05, 4.69) is 46.0 Å². The van der Waals surface area contributed by atoms with E-state index >= 15 is 0 Å². The van der Waals surface area contributed by atoms with Crippen LogP contribution in [-0.4, -0.2) is 12.6 Å². The lowest BCUT2D eigenvalue weighted by atomic mass is 9.79. The molecule has 0 heterocycles. The summed E-state index contributed by atoms with van der Waals surface area (Å²) in [5, 5.41) is 3.65. The zero-order chi connectivity index (χ0) is 11.5. The molecule has 0 amide bonds. The molecule has 1 nitrogen and oxygen atoms in total. The van der Waals surface area contributed by atoms with Crippen LogP contribution >= 0.6 is 0 Å². The Morgan fingerprint density at radius 2 is 2.07 bits per heavy atom. The maximum absolute atomic E-state index is 3.65. The van der Waals surface area contributed by atoms with Crippen molar-refractivity contribution in [2.45, 2.75) is 59.9 Å². The maximum atomic E-state index is 3.65. The Bertz CT molecular complexity index is 220. The van der Waals surface area contributed by atoms with Gasteiger partial charge in [-0.1, -0.05) is 46.3 Å². The summed E-state index contributed by atoms with van der Waals surface area (Å²) in [7, 11) is 0. The summed E-state index contributed by atoms with van der Waals surface area (Å²) in [4.78, 5) is 0. The summed E-state index contributed by atoms with van der Waals surface area (Å²) < 4.78 is 0. The van der Waals surface area contributed by atoms with Crippen LogP contribution in [0.1, 0.15) is 53.9 Å². The quantitative estimate of drug-likeness (QED) is 0.698. The Morgan fingerprint density at radius 1 is 1.40 bits per heavy atom. The predicted molar refractivity (Wildman–Crippen MR) is 68.0 cm³/mol. The molecule has 0 aromatic carbocycles. The van der Waals surface area contributed by atoms with Crippen molar-refractivity contribution in [3.8, 4) is 0 Å². The molecule has 0 saturated heterocycles. The minimum atomic E-state index is 0.378. The molecule has 1 heteroatoms. The van der Waals surface area contributed by atoms with Gasteiger partial charge in [0.1, 0.15) is 0 Å². The summed E-state index contributed by atoms with van der Waals surface area (Å²) in [5.41, 5.74) is 2.02. The van der Waals surface area contributed by atoms with Crippen LogP contribution in [0.4, 0.5) is 0 Å². The fourth-order valence-corrected chi connectivity index (χ4v) is 2.10. The molecule has 0 aliphatic heterocycles. The molecule has 0 fully saturated rings. The van der Waals surface area contributed by atoms with Gasteiger partial charge in [-0.25, -0.2) is 0 Å². The van der Waals surface area contributed by atoms with Crippen molar-refractivity contribution in [2.75, 3.05) is 6.54 Å². The lowest BCUT2D eigenvalue weighted by molar-refractivity contribution is 0.395. The Balaban J connectivity index is 2.38. The largest absolute Gasteiger partial charge is 0.313 e. The molecule has 1 N–H and O–H groups in total. The van der Waals surface area contributed by atoms with E-state index in [1.165, 1.54) is 19.3 Å². The van der Waals surface area contributed by atoms with Crippen LogP contribution in [0.5, 0.6) is 0 Å². The second kappa shape index (κ2) is 5.16. The Morgan fingerprint density at radius 3 is 2.47 bits per heavy atom. The molecule has 0 radical (unpaired) electrons. The smallest absolute Gasteiger partial charge is 0.0105 e. The minimum absolute atomic E-state index is 0.378. The highest BCUT2D eigenvalue weighted by atomic mass is 14.9. The molecule has 0 bridgehead atoms. The van der Waals surface area contributed by atoms with Crippen LogP contribution in [0, 0.1) is 11.3 Å². The second-order valence-electron chi connectivity index (χ2n) is 6.25. The molecule has 15 heavy (non-hydrogen) atoms. The highest BCUT2D eigenvalue weighted by molar-refractivity contribution is 5.14. The minimum Gasteiger partial charge on any atom is -0.313 e. The van der Waals surface area contributed by atoms with Crippen molar-refractivity contribution in [3.05, 3.63) is 11.6 Å². The van der Waals surface area contributed by atoms with Crippen molar-refractivity contribution in [2.24, 2.45) is 11.3 Å². The fraction of sp³-hybridized carbons (Fsp3) is 0.857. The summed E-state index contributed by atoms with van der Waals surface area (Å²) in [5.74, 6) is 0.762. The third-order valence-corrected chi connectivity index (χ3v) is 3.19. The first-order valence-electron chi connectivity index (χ1n) is 6.32. The summed E-state index contributed by atoms with van der Waals surface area (Å²) in [6, 6.07) is 0.721. The average molecular weight is 209 g/mol. The SMILES string of the molecule is CC(C)CN[C@H]1CC=C(C(C)(C)C)CC1. The predicted octanol–water partition coefficient (Wildman–Crippen LogP) is 3.76. The molecule has 1 aliphatic carbocycles. The summed E-state index contributed by atoms with van der Waals surface area (Å²) in [6.07, 6.45) is 6.27.